The molecule has 2 aromatic heterocycles. The van der Waals surface area contributed by atoms with Crippen molar-refractivity contribution in [3.8, 4) is 5.82 Å². The molecule has 0 spiro atoms. The third kappa shape index (κ3) is 5.06. The van der Waals surface area contributed by atoms with Gasteiger partial charge in [0.1, 0.15) is 18.3 Å². The van der Waals surface area contributed by atoms with Crippen LogP contribution in [0.4, 0.5) is 24.9 Å². The van der Waals surface area contributed by atoms with E-state index in [0.717, 1.165) is 25.7 Å². The topological polar surface area (TPSA) is 94.1 Å². The molecule has 5 rings (SSSR count). The van der Waals surface area contributed by atoms with Crippen LogP contribution < -0.4 is 16.0 Å². The van der Waals surface area contributed by atoms with E-state index in [1.165, 1.54) is 4.57 Å². The fraction of sp³-hybridized carbons (Fsp3) is 0.542. The highest BCUT2D eigenvalue weighted by Gasteiger charge is 2.27. The van der Waals surface area contributed by atoms with Gasteiger partial charge in [-0.25, -0.2) is 18.2 Å². The number of rotatable bonds is 7. The fourth-order valence-electron chi connectivity index (χ4n) is 4.91. The fourth-order valence-corrected chi connectivity index (χ4v) is 4.91. The van der Waals surface area contributed by atoms with Gasteiger partial charge in [-0.3, -0.25) is 4.57 Å². The van der Waals surface area contributed by atoms with Crippen LogP contribution in [0.5, 0.6) is 0 Å². The van der Waals surface area contributed by atoms with E-state index in [1.807, 2.05) is 4.90 Å². The summed E-state index contributed by atoms with van der Waals surface area (Å²) in [6.45, 7) is 1.14. The molecule has 11 heteroatoms. The van der Waals surface area contributed by atoms with Gasteiger partial charge >= 0.3 is 0 Å². The van der Waals surface area contributed by atoms with Crippen LogP contribution >= 0.6 is 0 Å². The second kappa shape index (κ2) is 10.4. The minimum absolute atomic E-state index is 0.233. The number of benzene rings is 1. The van der Waals surface area contributed by atoms with Crippen LogP contribution in [-0.4, -0.2) is 64.6 Å². The van der Waals surface area contributed by atoms with Gasteiger partial charge < -0.3 is 20.7 Å². The highest BCUT2D eigenvalue weighted by Crippen LogP contribution is 2.30. The predicted molar refractivity (Wildman–Crippen MR) is 128 cm³/mol. The van der Waals surface area contributed by atoms with E-state index in [9.17, 15) is 13.2 Å². The standard InChI is InChI=1S/C24H30F3N7O/c25-12-17-14-35-10-9-33(17)20-11-21(32-24(31-20)29-13-15-5-7-16(28)8-6-15)34-19-4-2-1-3-18(19)30-23(34)22(26)27/h1-4,11,15-17,22H,5-10,12-14,28H2,(H,29,31,32)/t15?,16?,17-/m0/s1. The number of hydrogen-bond donors (Lipinski definition) is 2. The third-order valence-electron chi connectivity index (χ3n) is 6.85. The number of nitrogens with one attached hydrogen (secondary N) is 1. The van der Waals surface area contributed by atoms with Gasteiger partial charge in [-0.2, -0.15) is 9.97 Å². The lowest BCUT2D eigenvalue weighted by molar-refractivity contribution is 0.0855. The van der Waals surface area contributed by atoms with Crippen molar-refractivity contribution in [3.05, 3.63) is 36.2 Å². The molecule has 35 heavy (non-hydrogen) atoms. The Morgan fingerprint density at radius 2 is 1.86 bits per heavy atom. The maximum Gasteiger partial charge on any atom is 0.296 e. The number of imidazole rings is 1. The van der Waals surface area contributed by atoms with Crippen molar-refractivity contribution >= 4 is 22.8 Å². The molecule has 0 radical (unpaired) electrons. The van der Waals surface area contributed by atoms with Crippen molar-refractivity contribution in [3.63, 3.8) is 0 Å². The number of ether oxygens (including phenoxy) is 1. The van der Waals surface area contributed by atoms with Crippen molar-refractivity contribution in [2.75, 3.05) is 43.2 Å². The first-order chi connectivity index (χ1) is 17.0. The number of nitrogens with two attached hydrogens (primary N) is 1. The summed E-state index contributed by atoms with van der Waals surface area (Å²) in [7, 11) is 0. The van der Waals surface area contributed by atoms with E-state index in [1.54, 1.807) is 30.3 Å². The largest absolute Gasteiger partial charge is 0.377 e. The molecule has 0 unspecified atom stereocenters. The first-order valence-electron chi connectivity index (χ1n) is 12.1. The van der Waals surface area contributed by atoms with E-state index in [0.29, 0.717) is 48.4 Å². The summed E-state index contributed by atoms with van der Waals surface area (Å²) in [6, 6.07) is 8.31. The smallest absolute Gasteiger partial charge is 0.296 e. The molecule has 1 atom stereocenters. The van der Waals surface area contributed by atoms with Crippen LogP contribution in [0.25, 0.3) is 16.9 Å². The SMILES string of the molecule is NC1CCC(CNc2nc(N3CCOC[C@@H]3CF)cc(-n3c(C(F)F)nc4ccccc43)n2)CC1. The lowest BCUT2D eigenvalue weighted by atomic mass is 9.86. The molecule has 1 saturated heterocycles. The normalized spacial score (nSPS) is 23.2. The summed E-state index contributed by atoms with van der Waals surface area (Å²) in [4.78, 5) is 15.2. The summed E-state index contributed by atoms with van der Waals surface area (Å²) in [5.41, 5.74) is 6.99. The summed E-state index contributed by atoms with van der Waals surface area (Å²) in [5.74, 6) is 1.07. The number of halogens is 3. The van der Waals surface area contributed by atoms with E-state index in [2.05, 4.69) is 20.3 Å². The molecule has 0 bridgehead atoms. The Kier molecular flexibility index (Phi) is 7.05. The number of aromatic nitrogens is 4. The van der Waals surface area contributed by atoms with Gasteiger partial charge in [0.2, 0.25) is 5.95 Å². The zero-order valence-corrected chi connectivity index (χ0v) is 19.4. The van der Waals surface area contributed by atoms with Gasteiger partial charge in [0.15, 0.2) is 5.82 Å². The van der Waals surface area contributed by atoms with Gasteiger partial charge in [0.25, 0.3) is 6.43 Å². The Balaban J connectivity index is 1.55. The Morgan fingerprint density at radius 1 is 1.09 bits per heavy atom. The van der Waals surface area contributed by atoms with Gasteiger partial charge in [-0.1, -0.05) is 12.1 Å². The molecule has 1 aromatic carbocycles. The number of hydrogen-bond acceptors (Lipinski definition) is 7. The Labute approximate surface area is 201 Å². The maximum absolute atomic E-state index is 14.0. The van der Waals surface area contributed by atoms with Gasteiger partial charge in [0, 0.05) is 25.2 Å². The molecule has 3 heterocycles. The molecule has 2 fully saturated rings. The summed E-state index contributed by atoms with van der Waals surface area (Å²) >= 11 is 0. The third-order valence-corrected chi connectivity index (χ3v) is 6.85. The van der Waals surface area contributed by atoms with E-state index < -0.39 is 25.0 Å². The van der Waals surface area contributed by atoms with Crippen molar-refractivity contribution in [1.29, 1.82) is 0 Å². The van der Waals surface area contributed by atoms with Crippen molar-refractivity contribution < 1.29 is 17.9 Å². The average Bonchev–Trinajstić information content (AvgIpc) is 3.28. The quantitative estimate of drug-likeness (QED) is 0.521. The Hall–Kier alpha value is -2.92. The molecule has 188 valence electrons. The number of alkyl halides is 3. The Morgan fingerprint density at radius 3 is 2.63 bits per heavy atom. The number of anilines is 2. The van der Waals surface area contributed by atoms with Crippen LogP contribution in [0.2, 0.25) is 0 Å². The summed E-state index contributed by atoms with van der Waals surface area (Å²) in [6.07, 6.45) is 1.17. The zero-order chi connectivity index (χ0) is 24.4. The van der Waals surface area contributed by atoms with Gasteiger partial charge in [0.05, 0.1) is 30.3 Å². The van der Waals surface area contributed by atoms with E-state index >= 15 is 0 Å². The molecule has 1 saturated carbocycles. The molecule has 3 N–H and O–H groups in total. The van der Waals surface area contributed by atoms with E-state index in [4.69, 9.17) is 10.5 Å². The van der Waals surface area contributed by atoms with Crippen molar-refractivity contribution in [2.24, 2.45) is 11.7 Å². The van der Waals surface area contributed by atoms with Crippen molar-refractivity contribution in [2.45, 2.75) is 44.2 Å². The molecule has 0 amide bonds. The minimum atomic E-state index is -2.80. The lowest BCUT2D eigenvalue weighted by Crippen LogP contribution is -2.47. The summed E-state index contributed by atoms with van der Waals surface area (Å²) < 4.78 is 48.6. The van der Waals surface area contributed by atoms with Crippen LogP contribution in [-0.2, 0) is 4.74 Å². The monoisotopic (exact) mass is 489 g/mol. The average molecular weight is 490 g/mol. The van der Waals surface area contributed by atoms with Gasteiger partial charge in [-0.05, 0) is 43.7 Å². The molecule has 1 aliphatic heterocycles. The molecule has 8 nitrogen and oxygen atoms in total. The first-order valence-corrected chi connectivity index (χ1v) is 12.1. The lowest BCUT2D eigenvalue weighted by Gasteiger charge is -2.35. The Bertz CT molecular complexity index is 1150. The van der Waals surface area contributed by atoms with E-state index in [-0.39, 0.29) is 18.5 Å². The predicted octanol–water partition coefficient (Wildman–Crippen LogP) is 3.86. The zero-order valence-electron chi connectivity index (χ0n) is 19.4. The second-order valence-electron chi connectivity index (χ2n) is 9.24. The van der Waals surface area contributed by atoms with Crippen molar-refractivity contribution in [1.82, 2.24) is 19.5 Å². The number of fused-ring (bicyclic) bond motifs is 1. The highest BCUT2D eigenvalue weighted by atomic mass is 19.3. The molecule has 3 aromatic rings. The highest BCUT2D eigenvalue weighted by molar-refractivity contribution is 5.78. The number of para-hydroxylation sites is 2. The first kappa shape index (κ1) is 23.8. The van der Waals surface area contributed by atoms with Gasteiger partial charge in [-0.15, -0.1) is 0 Å². The molecule has 1 aliphatic carbocycles. The van der Waals surface area contributed by atoms with Crippen LogP contribution in [0.3, 0.4) is 0 Å². The molecular formula is C24H30F3N7O. The molecular weight excluding hydrogens is 459 g/mol. The minimum Gasteiger partial charge on any atom is -0.377 e. The number of morpholine rings is 1. The van der Waals surface area contributed by atoms with Crippen LogP contribution in [0, 0.1) is 5.92 Å². The number of nitrogens with zero attached hydrogens (tertiary/aromatic N) is 5. The maximum atomic E-state index is 14.0. The van der Waals surface area contributed by atoms with Crippen LogP contribution in [0.1, 0.15) is 37.9 Å². The molecule has 2 aliphatic rings. The summed E-state index contributed by atoms with van der Waals surface area (Å²) in [5, 5.41) is 3.30. The van der Waals surface area contributed by atoms with Crippen LogP contribution in [0.15, 0.2) is 30.3 Å². The second-order valence-corrected chi connectivity index (χ2v) is 9.24.